The summed E-state index contributed by atoms with van der Waals surface area (Å²) in [7, 11) is 0. The molecule has 1 amide bonds. The minimum atomic E-state index is -0.221. The summed E-state index contributed by atoms with van der Waals surface area (Å²) in [6, 6.07) is 11.8. The Morgan fingerprint density at radius 2 is 2.12 bits per heavy atom. The van der Waals surface area contributed by atoms with Gasteiger partial charge in [0.15, 0.2) is 0 Å². The molecule has 1 aliphatic rings. The number of hydrogen-bond donors (Lipinski definition) is 1. The van der Waals surface area contributed by atoms with Gasteiger partial charge in [0.1, 0.15) is 0 Å². The molecule has 0 bridgehead atoms. The van der Waals surface area contributed by atoms with E-state index in [9.17, 15) is 4.79 Å². The van der Waals surface area contributed by atoms with Crippen LogP contribution in [0, 0.1) is 0 Å². The minimum absolute atomic E-state index is 0.221. The Kier molecular flexibility index (Phi) is 5.36. The number of aromatic nitrogens is 1. The van der Waals surface area contributed by atoms with Crippen LogP contribution in [0.5, 0.6) is 0 Å². The first kappa shape index (κ1) is 16.4. The molecule has 2 aromatic rings. The number of amides is 1. The van der Waals surface area contributed by atoms with Gasteiger partial charge in [-0.25, -0.2) is 0 Å². The van der Waals surface area contributed by atoms with E-state index in [-0.39, 0.29) is 5.91 Å². The first-order valence-electron chi connectivity index (χ1n) is 8.03. The highest BCUT2D eigenvalue weighted by molar-refractivity contribution is 5.99. The lowest BCUT2D eigenvalue weighted by molar-refractivity contribution is -0.111. The summed E-state index contributed by atoms with van der Waals surface area (Å²) in [5.41, 5.74) is 3.83. The van der Waals surface area contributed by atoms with Gasteiger partial charge >= 0.3 is 0 Å². The average Bonchev–Trinajstić information content (AvgIpc) is 2.63. The largest absolute Gasteiger partial charge is 0.379 e. The van der Waals surface area contributed by atoms with Crippen LogP contribution in [-0.2, 0) is 16.1 Å². The molecule has 24 heavy (non-hydrogen) atoms. The average molecular weight is 323 g/mol. The lowest BCUT2D eigenvalue weighted by Crippen LogP contribution is -2.35. The fourth-order valence-electron chi connectivity index (χ4n) is 2.70. The molecule has 2 heterocycles. The molecule has 5 nitrogen and oxygen atoms in total. The maximum absolute atomic E-state index is 11.4. The number of morpholine rings is 1. The second kappa shape index (κ2) is 7.86. The zero-order chi connectivity index (χ0) is 16.8. The first-order chi connectivity index (χ1) is 11.7. The number of anilines is 1. The molecule has 1 aromatic heterocycles. The maximum atomic E-state index is 11.4. The summed E-state index contributed by atoms with van der Waals surface area (Å²) >= 11 is 0. The summed E-state index contributed by atoms with van der Waals surface area (Å²) in [6.07, 6.45) is 3.09. The van der Waals surface area contributed by atoms with E-state index in [1.807, 2.05) is 36.5 Å². The van der Waals surface area contributed by atoms with E-state index >= 15 is 0 Å². The summed E-state index contributed by atoms with van der Waals surface area (Å²) in [5.74, 6) is -0.221. The van der Waals surface area contributed by atoms with Gasteiger partial charge in [-0.05, 0) is 35.9 Å². The van der Waals surface area contributed by atoms with Crippen LogP contribution in [0.25, 0.3) is 11.3 Å². The summed E-state index contributed by atoms with van der Waals surface area (Å²) < 4.78 is 5.39. The molecular weight excluding hydrogens is 302 g/mol. The van der Waals surface area contributed by atoms with Gasteiger partial charge in [0.05, 0.1) is 18.9 Å². The van der Waals surface area contributed by atoms with E-state index in [4.69, 9.17) is 4.74 Å². The summed E-state index contributed by atoms with van der Waals surface area (Å²) in [4.78, 5) is 18.3. The molecule has 1 N–H and O–H groups in total. The van der Waals surface area contributed by atoms with Crippen LogP contribution < -0.4 is 5.32 Å². The SMILES string of the molecule is C=CC(=O)Nc1cccc(-c2cc(CN3CCOCC3)ccn2)c1. The Morgan fingerprint density at radius 3 is 2.92 bits per heavy atom. The van der Waals surface area contributed by atoms with Crippen molar-refractivity contribution in [2.24, 2.45) is 0 Å². The Bertz CT molecular complexity index is 724. The number of carbonyl (C=O) groups is 1. The van der Waals surface area contributed by atoms with Crippen molar-refractivity contribution in [1.82, 2.24) is 9.88 Å². The highest BCUT2D eigenvalue weighted by Crippen LogP contribution is 2.22. The molecule has 0 saturated carbocycles. The highest BCUT2D eigenvalue weighted by Gasteiger charge is 2.11. The molecule has 0 spiro atoms. The Morgan fingerprint density at radius 1 is 1.29 bits per heavy atom. The molecule has 0 aliphatic carbocycles. The van der Waals surface area contributed by atoms with Gasteiger partial charge < -0.3 is 10.1 Å². The molecule has 124 valence electrons. The van der Waals surface area contributed by atoms with Crippen LogP contribution in [0.1, 0.15) is 5.56 Å². The second-order valence-electron chi connectivity index (χ2n) is 5.71. The standard InChI is InChI=1S/C19H21N3O2/c1-2-19(23)21-17-5-3-4-16(13-17)18-12-15(6-7-20-18)14-22-8-10-24-11-9-22/h2-7,12-13H,1,8-11,14H2,(H,21,23). The normalized spacial score (nSPS) is 15.0. The Labute approximate surface area is 142 Å². The predicted molar refractivity (Wildman–Crippen MR) is 94.6 cm³/mol. The summed E-state index contributed by atoms with van der Waals surface area (Å²) in [6.45, 7) is 7.87. The van der Waals surface area contributed by atoms with E-state index in [1.54, 1.807) is 0 Å². The van der Waals surface area contributed by atoms with Crippen LogP contribution in [0.4, 0.5) is 5.69 Å². The lowest BCUT2D eigenvalue weighted by atomic mass is 10.1. The van der Waals surface area contributed by atoms with Crippen LogP contribution in [0.2, 0.25) is 0 Å². The van der Waals surface area contributed by atoms with Crippen LogP contribution in [-0.4, -0.2) is 42.1 Å². The van der Waals surface area contributed by atoms with Crippen molar-refractivity contribution in [2.75, 3.05) is 31.6 Å². The van der Waals surface area contributed by atoms with Gasteiger partial charge in [0, 0.05) is 37.1 Å². The number of ether oxygens (including phenoxy) is 1. The van der Waals surface area contributed by atoms with Gasteiger partial charge in [-0.1, -0.05) is 18.7 Å². The van der Waals surface area contributed by atoms with Crippen molar-refractivity contribution in [3.05, 3.63) is 60.8 Å². The molecule has 0 atom stereocenters. The Balaban J connectivity index is 1.76. The van der Waals surface area contributed by atoms with Gasteiger partial charge in [-0.15, -0.1) is 0 Å². The fraction of sp³-hybridized carbons (Fsp3) is 0.263. The van der Waals surface area contributed by atoms with E-state index in [2.05, 4.69) is 27.8 Å². The molecular formula is C19H21N3O2. The summed E-state index contributed by atoms with van der Waals surface area (Å²) in [5, 5.41) is 2.78. The molecule has 0 unspecified atom stereocenters. The fourth-order valence-corrected chi connectivity index (χ4v) is 2.70. The molecule has 3 rings (SSSR count). The third kappa shape index (κ3) is 4.28. The topological polar surface area (TPSA) is 54.5 Å². The molecule has 1 fully saturated rings. The first-order valence-corrected chi connectivity index (χ1v) is 8.03. The number of pyridine rings is 1. The van der Waals surface area contributed by atoms with Crippen molar-refractivity contribution in [2.45, 2.75) is 6.54 Å². The predicted octanol–water partition coefficient (Wildman–Crippen LogP) is 2.71. The molecule has 1 aliphatic heterocycles. The smallest absolute Gasteiger partial charge is 0.247 e. The number of carbonyl (C=O) groups excluding carboxylic acids is 1. The minimum Gasteiger partial charge on any atom is -0.379 e. The van der Waals surface area contributed by atoms with E-state index in [0.717, 1.165) is 49.8 Å². The second-order valence-corrected chi connectivity index (χ2v) is 5.71. The number of hydrogen-bond acceptors (Lipinski definition) is 4. The van der Waals surface area contributed by atoms with E-state index in [1.165, 1.54) is 11.6 Å². The third-order valence-electron chi connectivity index (χ3n) is 3.95. The zero-order valence-electron chi connectivity index (χ0n) is 13.6. The number of rotatable bonds is 5. The lowest BCUT2D eigenvalue weighted by Gasteiger charge is -2.26. The monoisotopic (exact) mass is 323 g/mol. The highest BCUT2D eigenvalue weighted by atomic mass is 16.5. The maximum Gasteiger partial charge on any atom is 0.247 e. The van der Waals surface area contributed by atoms with Gasteiger partial charge in [0.2, 0.25) is 5.91 Å². The van der Waals surface area contributed by atoms with E-state index < -0.39 is 0 Å². The molecule has 5 heteroatoms. The number of nitrogens with zero attached hydrogens (tertiary/aromatic N) is 2. The van der Waals surface area contributed by atoms with Crippen molar-refractivity contribution in [3.63, 3.8) is 0 Å². The quantitative estimate of drug-likeness (QED) is 0.860. The van der Waals surface area contributed by atoms with Crippen molar-refractivity contribution >= 4 is 11.6 Å². The number of nitrogens with one attached hydrogen (secondary N) is 1. The van der Waals surface area contributed by atoms with Crippen molar-refractivity contribution < 1.29 is 9.53 Å². The zero-order valence-corrected chi connectivity index (χ0v) is 13.6. The molecule has 0 radical (unpaired) electrons. The van der Waals surface area contributed by atoms with Crippen LogP contribution >= 0.6 is 0 Å². The molecule has 1 saturated heterocycles. The van der Waals surface area contributed by atoms with Crippen molar-refractivity contribution in [3.8, 4) is 11.3 Å². The number of benzene rings is 1. The third-order valence-corrected chi connectivity index (χ3v) is 3.95. The van der Waals surface area contributed by atoms with Crippen molar-refractivity contribution in [1.29, 1.82) is 0 Å². The molecule has 1 aromatic carbocycles. The van der Waals surface area contributed by atoms with E-state index in [0.29, 0.717) is 0 Å². The Hall–Kier alpha value is -2.50. The van der Waals surface area contributed by atoms with Crippen LogP contribution in [0.15, 0.2) is 55.3 Å². The van der Waals surface area contributed by atoms with Gasteiger partial charge in [-0.3, -0.25) is 14.7 Å². The van der Waals surface area contributed by atoms with Gasteiger partial charge in [0.25, 0.3) is 0 Å². The van der Waals surface area contributed by atoms with Crippen LogP contribution in [0.3, 0.4) is 0 Å². The van der Waals surface area contributed by atoms with Gasteiger partial charge in [-0.2, -0.15) is 0 Å².